The van der Waals surface area contributed by atoms with E-state index in [1.807, 2.05) is 0 Å². The normalized spacial score (nSPS) is 38.2. The molecule has 2 unspecified atom stereocenters. The van der Waals surface area contributed by atoms with Crippen LogP contribution in [0.5, 0.6) is 0 Å². The summed E-state index contributed by atoms with van der Waals surface area (Å²) in [7, 11) is 0. The lowest BCUT2D eigenvalue weighted by Crippen LogP contribution is -2.35. The molecule has 0 amide bonds. The molecule has 5 atom stereocenters. The Morgan fingerprint density at radius 3 is 2.47 bits per heavy atom. The maximum absolute atomic E-state index is 9.65. The van der Waals surface area contributed by atoms with Crippen molar-refractivity contribution in [2.75, 3.05) is 6.54 Å². The standard InChI is InChI=1S/C10H22N2O3/c1-6-9(13)10(14)8(15-6)5-7(12)3-2-4-11/h6-10,13-14H,2-5,11-12H2,1H3/t6?,7-,8?,9+,10-/m1/s1. The van der Waals surface area contributed by atoms with Gasteiger partial charge in [-0.25, -0.2) is 0 Å². The van der Waals surface area contributed by atoms with E-state index in [0.717, 1.165) is 12.8 Å². The van der Waals surface area contributed by atoms with E-state index in [1.165, 1.54) is 0 Å². The molecule has 0 bridgehead atoms. The van der Waals surface area contributed by atoms with Gasteiger partial charge in [0.05, 0.1) is 12.2 Å². The summed E-state index contributed by atoms with van der Waals surface area (Å²) in [6.45, 7) is 2.38. The van der Waals surface area contributed by atoms with E-state index < -0.39 is 12.2 Å². The Kier molecular flexibility index (Phi) is 4.95. The molecule has 15 heavy (non-hydrogen) atoms. The molecule has 6 N–H and O–H groups in total. The fourth-order valence-electron chi connectivity index (χ4n) is 1.93. The molecule has 0 radical (unpaired) electrons. The van der Waals surface area contributed by atoms with Gasteiger partial charge in [0.1, 0.15) is 12.2 Å². The Morgan fingerprint density at radius 2 is 2.00 bits per heavy atom. The molecule has 5 nitrogen and oxygen atoms in total. The molecule has 1 rings (SSSR count). The van der Waals surface area contributed by atoms with Gasteiger partial charge in [0.25, 0.3) is 0 Å². The summed E-state index contributed by atoms with van der Waals surface area (Å²) in [6, 6.07) is -0.0225. The summed E-state index contributed by atoms with van der Waals surface area (Å²) in [5, 5.41) is 19.1. The molecule has 1 aliphatic heterocycles. The van der Waals surface area contributed by atoms with Crippen molar-refractivity contribution in [3.05, 3.63) is 0 Å². The highest BCUT2D eigenvalue weighted by Crippen LogP contribution is 2.24. The van der Waals surface area contributed by atoms with Crippen LogP contribution in [0.15, 0.2) is 0 Å². The van der Waals surface area contributed by atoms with Gasteiger partial charge in [-0.05, 0) is 32.7 Å². The molecule has 0 aromatic rings. The molecule has 1 aliphatic rings. The molecule has 0 saturated carbocycles. The first-order valence-corrected chi connectivity index (χ1v) is 5.53. The highest BCUT2D eigenvalue weighted by molar-refractivity contribution is 4.90. The number of aliphatic hydroxyl groups is 2. The third-order valence-corrected chi connectivity index (χ3v) is 2.92. The summed E-state index contributed by atoms with van der Waals surface area (Å²) in [4.78, 5) is 0. The first-order valence-electron chi connectivity index (χ1n) is 5.53. The minimum Gasteiger partial charge on any atom is -0.388 e. The van der Waals surface area contributed by atoms with Gasteiger partial charge in [-0.3, -0.25) is 0 Å². The topological polar surface area (TPSA) is 102 Å². The number of hydrogen-bond donors (Lipinski definition) is 4. The van der Waals surface area contributed by atoms with E-state index in [1.54, 1.807) is 6.92 Å². The van der Waals surface area contributed by atoms with E-state index in [9.17, 15) is 10.2 Å². The summed E-state index contributed by atoms with van der Waals surface area (Å²) in [6.07, 6.45) is 0.00759. The predicted molar refractivity (Wildman–Crippen MR) is 57.2 cm³/mol. The van der Waals surface area contributed by atoms with E-state index >= 15 is 0 Å². The monoisotopic (exact) mass is 218 g/mol. The van der Waals surface area contributed by atoms with Crippen LogP contribution in [0.3, 0.4) is 0 Å². The number of hydrogen-bond acceptors (Lipinski definition) is 5. The first-order chi connectivity index (χ1) is 7.06. The zero-order chi connectivity index (χ0) is 11.4. The number of nitrogens with two attached hydrogens (primary N) is 2. The van der Waals surface area contributed by atoms with Crippen LogP contribution in [0.4, 0.5) is 0 Å². The molecular formula is C10H22N2O3. The van der Waals surface area contributed by atoms with Gasteiger partial charge in [-0.2, -0.15) is 0 Å². The van der Waals surface area contributed by atoms with Gasteiger partial charge < -0.3 is 26.4 Å². The van der Waals surface area contributed by atoms with Crippen molar-refractivity contribution < 1.29 is 14.9 Å². The van der Waals surface area contributed by atoms with Crippen LogP contribution in [0.2, 0.25) is 0 Å². The lowest BCUT2D eigenvalue weighted by Gasteiger charge is -2.19. The third kappa shape index (κ3) is 3.39. The summed E-state index contributed by atoms with van der Waals surface area (Å²) in [5.41, 5.74) is 11.2. The Labute approximate surface area is 90.4 Å². The molecule has 0 spiro atoms. The van der Waals surface area contributed by atoms with Crippen LogP contribution in [0.25, 0.3) is 0 Å². The SMILES string of the molecule is CC1OC(C[C@H](N)CCCN)[C@@H](O)[C@H]1O. The number of rotatable bonds is 5. The zero-order valence-electron chi connectivity index (χ0n) is 9.17. The highest BCUT2D eigenvalue weighted by Gasteiger charge is 2.40. The van der Waals surface area contributed by atoms with Gasteiger partial charge in [0.2, 0.25) is 0 Å². The van der Waals surface area contributed by atoms with E-state index in [4.69, 9.17) is 16.2 Å². The first kappa shape index (κ1) is 12.9. The molecule has 1 saturated heterocycles. The van der Waals surface area contributed by atoms with Crippen molar-refractivity contribution >= 4 is 0 Å². The minimum absolute atomic E-state index is 0.0225. The maximum atomic E-state index is 9.65. The van der Waals surface area contributed by atoms with Gasteiger partial charge in [0, 0.05) is 6.04 Å². The fourth-order valence-corrected chi connectivity index (χ4v) is 1.93. The van der Waals surface area contributed by atoms with Crippen molar-refractivity contribution in [3.63, 3.8) is 0 Å². The maximum Gasteiger partial charge on any atom is 0.109 e. The van der Waals surface area contributed by atoms with Crippen molar-refractivity contribution in [1.29, 1.82) is 0 Å². The minimum atomic E-state index is -0.816. The Morgan fingerprint density at radius 1 is 1.33 bits per heavy atom. The third-order valence-electron chi connectivity index (χ3n) is 2.92. The van der Waals surface area contributed by atoms with Crippen LogP contribution < -0.4 is 11.5 Å². The molecular weight excluding hydrogens is 196 g/mol. The Balaban J connectivity index is 2.32. The molecule has 90 valence electrons. The van der Waals surface area contributed by atoms with Gasteiger partial charge in [-0.15, -0.1) is 0 Å². The molecule has 0 aliphatic carbocycles. The van der Waals surface area contributed by atoms with Crippen molar-refractivity contribution in [2.24, 2.45) is 11.5 Å². The Hall–Kier alpha value is -0.200. The second-order valence-electron chi connectivity index (χ2n) is 4.29. The van der Waals surface area contributed by atoms with Crippen molar-refractivity contribution in [3.8, 4) is 0 Å². The average molecular weight is 218 g/mol. The van der Waals surface area contributed by atoms with Crippen molar-refractivity contribution in [1.82, 2.24) is 0 Å². The zero-order valence-corrected chi connectivity index (χ0v) is 9.17. The van der Waals surface area contributed by atoms with Crippen LogP contribution in [-0.4, -0.2) is 47.2 Å². The van der Waals surface area contributed by atoms with Crippen LogP contribution in [0, 0.1) is 0 Å². The predicted octanol–water partition coefficient (Wildman–Crippen LogP) is -1.05. The largest absolute Gasteiger partial charge is 0.388 e. The van der Waals surface area contributed by atoms with Crippen LogP contribution in [0.1, 0.15) is 26.2 Å². The van der Waals surface area contributed by atoms with Crippen molar-refractivity contribution in [2.45, 2.75) is 56.6 Å². The lowest BCUT2D eigenvalue weighted by atomic mass is 10.00. The molecule has 5 heteroatoms. The summed E-state index contributed by atoms with van der Waals surface area (Å²) in [5.74, 6) is 0. The van der Waals surface area contributed by atoms with Gasteiger partial charge >= 0.3 is 0 Å². The second kappa shape index (κ2) is 5.77. The second-order valence-corrected chi connectivity index (χ2v) is 4.29. The van der Waals surface area contributed by atoms with Gasteiger partial charge in [-0.1, -0.05) is 0 Å². The summed E-state index contributed by atoms with van der Waals surface area (Å²) >= 11 is 0. The smallest absolute Gasteiger partial charge is 0.109 e. The molecule has 1 heterocycles. The van der Waals surface area contributed by atoms with E-state index in [0.29, 0.717) is 13.0 Å². The van der Waals surface area contributed by atoms with Gasteiger partial charge in [0.15, 0.2) is 0 Å². The van der Waals surface area contributed by atoms with E-state index in [2.05, 4.69) is 0 Å². The molecule has 0 aromatic heterocycles. The average Bonchev–Trinajstić information content (AvgIpc) is 2.43. The number of aliphatic hydroxyl groups excluding tert-OH is 2. The summed E-state index contributed by atoms with van der Waals surface area (Å²) < 4.78 is 5.43. The lowest BCUT2D eigenvalue weighted by molar-refractivity contribution is 0.00708. The van der Waals surface area contributed by atoms with E-state index in [-0.39, 0.29) is 18.2 Å². The fraction of sp³-hybridized carbons (Fsp3) is 1.00. The van der Waals surface area contributed by atoms with Crippen LogP contribution >= 0.6 is 0 Å². The van der Waals surface area contributed by atoms with Crippen LogP contribution in [-0.2, 0) is 4.74 Å². The quantitative estimate of drug-likeness (QED) is 0.472. The number of ether oxygens (including phenoxy) is 1. The molecule has 1 fully saturated rings. The highest BCUT2D eigenvalue weighted by atomic mass is 16.5. The molecule has 0 aromatic carbocycles. The Bertz CT molecular complexity index is 192.